The number of hydrogen-bond donors (Lipinski definition) is 2. The fraction of sp³-hybridized carbons (Fsp3) is 0.174. The lowest BCUT2D eigenvalue weighted by molar-refractivity contribution is -0.128. The Kier molecular flexibility index (Phi) is 6.24. The lowest BCUT2D eigenvalue weighted by atomic mass is 9.85. The molecule has 0 spiro atoms. The zero-order valence-corrected chi connectivity index (χ0v) is 16.3. The maximum absolute atomic E-state index is 13.0. The molecule has 1 atom stereocenters. The Morgan fingerprint density at radius 2 is 1.79 bits per heavy atom. The lowest BCUT2D eigenvalue weighted by Gasteiger charge is -2.35. The van der Waals surface area contributed by atoms with Gasteiger partial charge in [-0.3, -0.25) is 14.6 Å². The maximum Gasteiger partial charge on any atom is 0.270 e. The number of carbonyl (C=O) groups excluding carboxylic acids is 2. The van der Waals surface area contributed by atoms with Gasteiger partial charge in [-0.05, 0) is 22.9 Å². The van der Waals surface area contributed by atoms with E-state index >= 15 is 0 Å². The molecule has 0 bridgehead atoms. The Morgan fingerprint density at radius 3 is 2.48 bits per heavy atom. The summed E-state index contributed by atoms with van der Waals surface area (Å²) >= 11 is 0. The number of allylic oxidation sites excluding steroid dienone is 1. The highest BCUT2D eigenvalue weighted by molar-refractivity contribution is 6.09. The fourth-order valence-corrected chi connectivity index (χ4v) is 3.52. The van der Waals surface area contributed by atoms with Crippen LogP contribution in [-0.4, -0.2) is 36.4 Å². The smallest absolute Gasteiger partial charge is 0.270 e. The van der Waals surface area contributed by atoms with E-state index in [0.29, 0.717) is 18.7 Å². The van der Waals surface area contributed by atoms with Crippen molar-refractivity contribution in [1.29, 1.82) is 0 Å². The van der Waals surface area contributed by atoms with Crippen molar-refractivity contribution < 1.29 is 9.59 Å². The SMILES string of the molecule is CN=CC(=CN)C1CN(C(=O)/C(N)=C/C(=O)c2ccccc2)Cc2ccccc21. The largest absolute Gasteiger partial charge is 0.404 e. The molecule has 0 saturated carbocycles. The minimum atomic E-state index is -0.376. The Morgan fingerprint density at radius 1 is 1.10 bits per heavy atom. The molecule has 0 aliphatic carbocycles. The predicted molar refractivity (Wildman–Crippen MR) is 114 cm³/mol. The van der Waals surface area contributed by atoms with E-state index < -0.39 is 0 Å². The van der Waals surface area contributed by atoms with E-state index in [9.17, 15) is 9.59 Å². The maximum atomic E-state index is 13.0. The van der Waals surface area contributed by atoms with E-state index in [1.807, 2.05) is 30.3 Å². The molecule has 0 saturated heterocycles. The highest BCUT2D eigenvalue weighted by Crippen LogP contribution is 2.33. The predicted octanol–water partition coefficient (Wildman–Crippen LogP) is 2.38. The number of aliphatic imine (C=N–C) groups is 1. The number of rotatable bonds is 5. The first-order valence-electron chi connectivity index (χ1n) is 9.32. The Bertz CT molecular complexity index is 993. The fourth-order valence-electron chi connectivity index (χ4n) is 3.52. The van der Waals surface area contributed by atoms with Gasteiger partial charge in [0.1, 0.15) is 5.70 Å². The zero-order valence-electron chi connectivity index (χ0n) is 16.3. The van der Waals surface area contributed by atoms with Gasteiger partial charge in [0.15, 0.2) is 5.78 Å². The van der Waals surface area contributed by atoms with E-state index in [-0.39, 0.29) is 23.3 Å². The third-order valence-corrected chi connectivity index (χ3v) is 4.95. The molecule has 2 aromatic carbocycles. The molecule has 4 N–H and O–H groups in total. The lowest BCUT2D eigenvalue weighted by Crippen LogP contribution is -2.41. The summed E-state index contributed by atoms with van der Waals surface area (Å²) in [5.41, 5.74) is 15.2. The van der Waals surface area contributed by atoms with Gasteiger partial charge in [-0.2, -0.15) is 0 Å². The van der Waals surface area contributed by atoms with Crippen LogP contribution < -0.4 is 11.5 Å². The van der Waals surface area contributed by atoms with Crippen LogP contribution in [0, 0.1) is 0 Å². The normalized spacial score (nSPS) is 17.3. The minimum Gasteiger partial charge on any atom is -0.404 e. The Hall–Kier alpha value is -3.67. The quantitative estimate of drug-likeness (QED) is 0.466. The summed E-state index contributed by atoms with van der Waals surface area (Å²) in [7, 11) is 1.68. The van der Waals surface area contributed by atoms with Gasteiger partial charge in [0.05, 0.1) is 0 Å². The number of ketones is 1. The highest BCUT2D eigenvalue weighted by atomic mass is 16.2. The monoisotopic (exact) mass is 388 g/mol. The van der Waals surface area contributed by atoms with Gasteiger partial charge < -0.3 is 16.4 Å². The third-order valence-electron chi connectivity index (χ3n) is 4.95. The van der Waals surface area contributed by atoms with Crippen molar-refractivity contribution in [2.24, 2.45) is 16.5 Å². The van der Waals surface area contributed by atoms with Crippen LogP contribution in [0.25, 0.3) is 0 Å². The van der Waals surface area contributed by atoms with Gasteiger partial charge in [-0.1, -0.05) is 54.6 Å². The van der Waals surface area contributed by atoms with Crippen LogP contribution in [-0.2, 0) is 11.3 Å². The second-order valence-corrected chi connectivity index (χ2v) is 6.82. The Balaban J connectivity index is 1.88. The third kappa shape index (κ3) is 4.43. The molecular formula is C23H24N4O2. The summed E-state index contributed by atoms with van der Waals surface area (Å²) in [6.45, 7) is 0.819. The molecule has 2 aromatic rings. The number of hydrogen-bond acceptors (Lipinski definition) is 5. The molecule has 1 aliphatic rings. The van der Waals surface area contributed by atoms with Crippen LogP contribution in [0.3, 0.4) is 0 Å². The molecule has 0 radical (unpaired) electrons. The van der Waals surface area contributed by atoms with E-state index in [1.165, 1.54) is 12.3 Å². The zero-order chi connectivity index (χ0) is 20.8. The number of nitrogens with two attached hydrogens (primary N) is 2. The summed E-state index contributed by atoms with van der Waals surface area (Å²) < 4.78 is 0. The summed E-state index contributed by atoms with van der Waals surface area (Å²) in [6, 6.07) is 16.6. The summed E-state index contributed by atoms with van der Waals surface area (Å²) in [5, 5.41) is 0. The molecule has 1 aliphatic heterocycles. The highest BCUT2D eigenvalue weighted by Gasteiger charge is 2.30. The van der Waals surface area contributed by atoms with Crippen molar-refractivity contribution in [3.63, 3.8) is 0 Å². The first-order chi connectivity index (χ1) is 14.0. The van der Waals surface area contributed by atoms with Crippen molar-refractivity contribution in [2.75, 3.05) is 13.6 Å². The topological polar surface area (TPSA) is 102 Å². The average molecular weight is 388 g/mol. The molecule has 1 heterocycles. The molecule has 6 nitrogen and oxygen atoms in total. The number of fused-ring (bicyclic) bond motifs is 1. The molecule has 1 amide bonds. The molecule has 3 rings (SSSR count). The van der Waals surface area contributed by atoms with Gasteiger partial charge in [-0.25, -0.2) is 0 Å². The second kappa shape index (κ2) is 9.01. The van der Waals surface area contributed by atoms with Gasteiger partial charge >= 0.3 is 0 Å². The molecule has 6 heteroatoms. The number of carbonyl (C=O) groups is 2. The van der Waals surface area contributed by atoms with Gasteiger partial charge in [0, 0.05) is 43.9 Å². The first-order valence-corrected chi connectivity index (χ1v) is 9.32. The van der Waals surface area contributed by atoms with Crippen molar-refractivity contribution in [3.05, 3.63) is 94.8 Å². The molecular weight excluding hydrogens is 364 g/mol. The van der Waals surface area contributed by atoms with Crippen molar-refractivity contribution in [3.8, 4) is 0 Å². The van der Waals surface area contributed by atoms with Crippen LogP contribution in [0.2, 0.25) is 0 Å². The number of amides is 1. The summed E-state index contributed by atoms with van der Waals surface area (Å²) in [4.78, 5) is 31.1. The van der Waals surface area contributed by atoms with E-state index in [0.717, 1.165) is 16.7 Å². The van der Waals surface area contributed by atoms with Gasteiger partial charge in [-0.15, -0.1) is 0 Å². The van der Waals surface area contributed by atoms with Crippen molar-refractivity contribution in [1.82, 2.24) is 4.90 Å². The van der Waals surface area contributed by atoms with Crippen LogP contribution in [0.15, 0.2) is 83.1 Å². The Labute approximate surface area is 170 Å². The van der Waals surface area contributed by atoms with E-state index in [4.69, 9.17) is 11.5 Å². The number of nitrogens with zero attached hydrogens (tertiary/aromatic N) is 2. The van der Waals surface area contributed by atoms with Crippen LogP contribution in [0.5, 0.6) is 0 Å². The minimum absolute atomic E-state index is 0.0839. The van der Waals surface area contributed by atoms with E-state index in [2.05, 4.69) is 4.99 Å². The average Bonchev–Trinajstić information content (AvgIpc) is 2.76. The second-order valence-electron chi connectivity index (χ2n) is 6.82. The van der Waals surface area contributed by atoms with Crippen LogP contribution in [0.4, 0.5) is 0 Å². The van der Waals surface area contributed by atoms with Gasteiger partial charge in [0.25, 0.3) is 5.91 Å². The van der Waals surface area contributed by atoms with Crippen LogP contribution >= 0.6 is 0 Å². The van der Waals surface area contributed by atoms with E-state index in [1.54, 1.807) is 42.4 Å². The first kappa shape index (κ1) is 20.1. The van der Waals surface area contributed by atoms with Crippen molar-refractivity contribution >= 4 is 17.9 Å². The molecule has 0 aromatic heterocycles. The summed E-state index contributed by atoms with van der Waals surface area (Å²) in [6.07, 6.45) is 4.41. The van der Waals surface area contributed by atoms with Crippen LogP contribution in [0.1, 0.15) is 27.4 Å². The standard InChI is InChI=1S/C23H24N4O2/c1-26-13-18(12-24)20-15-27(14-17-9-5-6-10-19(17)20)23(29)21(25)11-22(28)16-7-3-2-4-8-16/h2-13,20H,14-15,24-25H2,1H3/b18-12?,21-11-,26-13?. The molecule has 29 heavy (non-hydrogen) atoms. The molecule has 0 fully saturated rings. The number of benzene rings is 2. The van der Waals surface area contributed by atoms with Crippen molar-refractivity contribution in [2.45, 2.75) is 12.5 Å². The molecule has 148 valence electrons. The summed E-state index contributed by atoms with van der Waals surface area (Å²) in [5.74, 6) is -0.792. The van der Waals surface area contributed by atoms with Gasteiger partial charge in [0.2, 0.25) is 0 Å². The molecule has 1 unspecified atom stereocenters.